The number of amides is 2. The molecule has 4 fully saturated rings. The first-order valence-electron chi connectivity index (χ1n) is 17.3. The normalized spacial score (nSPS) is 26.7. The van der Waals surface area contributed by atoms with E-state index in [0.29, 0.717) is 12.5 Å². The van der Waals surface area contributed by atoms with Gasteiger partial charge in [0.2, 0.25) is 5.91 Å². The molecule has 1 radical (unpaired) electrons. The molecular formula is C37H45N4O5SY-. The van der Waals surface area contributed by atoms with Crippen LogP contribution in [0, 0.1) is 11.3 Å². The Balaban J connectivity index is 0.00000364. The number of fused-ring (bicyclic) bond motifs is 9. The van der Waals surface area contributed by atoms with Crippen LogP contribution in [0.4, 0.5) is 0 Å². The molecule has 11 heteroatoms. The summed E-state index contributed by atoms with van der Waals surface area (Å²) in [7, 11) is 0.522. The van der Waals surface area contributed by atoms with Crippen molar-refractivity contribution >= 4 is 32.9 Å². The van der Waals surface area contributed by atoms with Crippen molar-refractivity contribution < 1.29 is 55.5 Å². The first-order valence-corrected chi connectivity index (χ1v) is 18.7. The van der Waals surface area contributed by atoms with E-state index >= 15 is 0 Å². The molecule has 253 valence electrons. The van der Waals surface area contributed by atoms with Crippen LogP contribution in [-0.4, -0.2) is 67.3 Å². The van der Waals surface area contributed by atoms with Crippen LogP contribution < -0.4 is 9.46 Å². The van der Waals surface area contributed by atoms with Crippen molar-refractivity contribution in [3.63, 3.8) is 0 Å². The first-order chi connectivity index (χ1) is 22.5. The number of ether oxygens (including phenoxy) is 1. The summed E-state index contributed by atoms with van der Waals surface area (Å²) in [4.78, 5) is 30.6. The minimum atomic E-state index is -3.96. The Morgan fingerprint density at radius 1 is 1.00 bits per heavy atom. The molecule has 3 aromatic rings. The van der Waals surface area contributed by atoms with Gasteiger partial charge in [0.15, 0.2) is 0 Å². The predicted molar refractivity (Wildman–Crippen MR) is 181 cm³/mol. The maximum absolute atomic E-state index is 15.0. The third-order valence-corrected chi connectivity index (χ3v) is 13.3. The Bertz CT molecular complexity index is 1890. The zero-order chi connectivity index (χ0) is 32.8. The summed E-state index contributed by atoms with van der Waals surface area (Å²) in [5.41, 5.74) is 5.36. The molecule has 2 saturated carbocycles. The van der Waals surface area contributed by atoms with Crippen molar-refractivity contribution in [2.45, 2.75) is 102 Å². The molecular weight excluding hydrogens is 701 g/mol. The van der Waals surface area contributed by atoms with Gasteiger partial charge in [-0.15, -0.1) is 0 Å². The number of nitrogens with zero attached hydrogens (tertiary/aromatic N) is 3. The third-order valence-electron chi connectivity index (χ3n) is 11.9. The van der Waals surface area contributed by atoms with E-state index in [-0.39, 0.29) is 62.2 Å². The number of carbonyl (C=O) groups excluding carboxylic acids is 2. The second-order valence-electron chi connectivity index (χ2n) is 15.0. The zero-order valence-electron chi connectivity index (χ0n) is 28.4. The number of hydrogen-bond acceptors (Lipinski definition) is 5. The number of hydrogen-bond donors (Lipinski definition) is 1. The molecule has 2 aromatic carbocycles. The summed E-state index contributed by atoms with van der Waals surface area (Å²) in [6.45, 7) is 2.77. The van der Waals surface area contributed by atoms with Crippen molar-refractivity contribution in [2.24, 2.45) is 5.41 Å². The van der Waals surface area contributed by atoms with Gasteiger partial charge < -0.3 is 20.1 Å². The van der Waals surface area contributed by atoms with Gasteiger partial charge in [0, 0.05) is 93.4 Å². The topological polar surface area (TPSA) is 101 Å². The van der Waals surface area contributed by atoms with Crippen LogP contribution in [0.3, 0.4) is 0 Å². The molecule has 0 spiro atoms. The Morgan fingerprint density at radius 2 is 1.71 bits per heavy atom. The number of nitrogens with one attached hydrogen (secondary N) is 1. The molecule has 2 aliphatic carbocycles. The van der Waals surface area contributed by atoms with Gasteiger partial charge in [-0.3, -0.25) is 9.59 Å². The second-order valence-corrected chi connectivity index (χ2v) is 16.8. The molecule has 5 aliphatic rings. The fourth-order valence-corrected chi connectivity index (χ4v) is 10.1. The Hall–Kier alpha value is -2.27. The Morgan fingerprint density at radius 3 is 2.38 bits per heavy atom. The van der Waals surface area contributed by atoms with E-state index in [2.05, 4.69) is 33.2 Å². The summed E-state index contributed by atoms with van der Waals surface area (Å²) in [6.07, 6.45) is 10.7. The fraction of sp³-hybridized carbons (Fsp3) is 0.541. The van der Waals surface area contributed by atoms with Gasteiger partial charge in [0.25, 0.3) is 5.91 Å². The van der Waals surface area contributed by atoms with E-state index in [4.69, 9.17) is 4.74 Å². The third kappa shape index (κ3) is 5.39. The van der Waals surface area contributed by atoms with E-state index in [1.54, 1.807) is 13.2 Å². The number of aromatic nitrogens is 1. The molecule has 1 N–H and O–H groups in total. The number of carbonyl (C=O) groups is 2. The van der Waals surface area contributed by atoms with Crippen molar-refractivity contribution in [2.75, 3.05) is 21.2 Å². The quantitative estimate of drug-likeness (QED) is 0.306. The zero-order valence-corrected chi connectivity index (χ0v) is 32.1. The molecule has 9 nitrogen and oxygen atoms in total. The van der Waals surface area contributed by atoms with Crippen LogP contribution in [0.1, 0.15) is 104 Å². The number of rotatable bonds is 6. The average Bonchev–Trinajstić information content (AvgIpc) is 3.64. The monoisotopic (exact) mass is 746 g/mol. The summed E-state index contributed by atoms with van der Waals surface area (Å²) < 4.78 is 36.4. The maximum atomic E-state index is 15.0. The molecule has 4 heterocycles. The van der Waals surface area contributed by atoms with Crippen LogP contribution in [0.15, 0.2) is 36.4 Å². The number of benzene rings is 2. The average molecular weight is 747 g/mol. The molecule has 2 amide bonds. The molecule has 48 heavy (non-hydrogen) atoms. The van der Waals surface area contributed by atoms with Crippen LogP contribution in [0.5, 0.6) is 5.75 Å². The van der Waals surface area contributed by atoms with E-state index in [1.165, 1.54) is 50.4 Å². The van der Waals surface area contributed by atoms with Crippen molar-refractivity contribution in [3.05, 3.63) is 59.0 Å². The number of piperidine rings is 1. The van der Waals surface area contributed by atoms with E-state index in [9.17, 15) is 18.0 Å². The predicted octanol–water partition coefficient (Wildman–Crippen LogP) is 6.13. The van der Waals surface area contributed by atoms with Gasteiger partial charge in [-0.25, -0.2) is 4.72 Å². The van der Waals surface area contributed by atoms with Gasteiger partial charge in [-0.1, -0.05) is 25.3 Å². The van der Waals surface area contributed by atoms with E-state index in [1.807, 2.05) is 18.2 Å². The fourth-order valence-electron chi connectivity index (χ4n) is 9.53. The van der Waals surface area contributed by atoms with E-state index < -0.39 is 21.5 Å². The Kier molecular flexibility index (Phi) is 8.90. The van der Waals surface area contributed by atoms with Crippen LogP contribution >= 0.6 is 0 Å². The largest absolute Gasteiger partial charge is 0.497 e. The van der Waals surface area contributed by atoms with Gasteiger partial charge in [-0.05, 0) is 79.5 Å². The molecule has 2 bridgehead atoms. The second kappa shape index (κ2) is 12.5. The van der Waals surface area contributed by atoms with E-state index in [0.717, 1.165) is 77.2 Å². The Labute approximate surface area is 309 Å². The molecule has 4 atom stereocenters. The molecule has 1 aromatic heterocycles. The summed E-state index contributed by atoms with van der Waals surface area (Å²) in [5, 5.41) is 1.09. The summed E-state index contributed by atoms with van der Waals surface area (Å²) in [6, 6.07) is 12.5. The maximum Gasteiger partial charge on any atom is 0.303 e. The van der Waals surface area contributed by atoms with Crippen LogP contribution in [-0.2, 0) is 54.3 Å². The minimum absolute atomic E-state index is 0. The smallest absolute Gasteiger partial charge is 0.303 e. The molecule has 2 saturated heterocycles. The SMILES string of the molecule is COc1ccc2c(c1)C1CC1(C(=O)N1C3CCC1C[C-](C)C3)Cn1c-2c(C2CCCCC2)c2ccc(C(=O)NS(=O)(=O)N(C)C)cc21.[Y]. The molecule has 8 rings (SSSR count). The standard InChI is InChI=1S/C37H45N4O5S.Y/c1-22-16-25-11-12-26(17-22)41(25)36(43)37-20-31(37)30-19-27(46-4)13-15-28(30)34-33(23-8-6-5-7-9-23)29-14-10-24(18-32(29)40(34)21-37)35(42)38-47(44,45)39(2)3;/h10,13-15,18-19,23,25-26,31H,5-9,11-12,16-17,20-21H2,1-4H3,(H,38,42);/q-1;. The first kappa shape index (κ1) is 34.2. The summed E-state index contributed by atoms with van der Waals surface area (Å²) in [5.74, 6) is 2.35. The minimum Gasteiger partial charge on any atom is -0.497 e. The van der Waals surface area contributed by atoms with Gasteiger partial charge in [0.05, 0.1) is 18.2 Å². The molecule has 3 aliphatic heterocycles. The number of methoxy groups -OCH3 is 1. The van der Waals surface area contributed by atoms with Crippen LogP contribution in [0.25, 0.3) is 22.2 Å². The van der Waals surface area contributed by atoms with Crippen molar-refractivity contribution in [3.8, 4) is 17.0 Å². The summed E-state index contributed by atoms with van der Waals surface area (Å²) >= 11 is 0. The van der Waals surface area contributed by atoms with Crippen LogP contribution in [0.2, 0.25) is 0 Å². The van der Waals surface area contributed by atoms with Gasteiger partial charge in [-0.2, -0.15) is 32.5 Å². The molecule has 4 unspecified atom stereocenters. The van der Waals surface area contributed by atoms with Gasteiger partial charge >= 0.3 is 10.2 Å². The van der Waals surface area contributed by atoms with Crippen molar-refractivity contribution in [1.29, 1.82) is 0 Å². The van der Waals surface area contributed by atoms with Crippen molar-refractivity contribution in [1.82, 2.24) is 18.5 Å². The van der Waals surface area contributed by atoms with Gasteiger partial charge in [0.1, 0.15) is 5.75 Å².